The summed E-state index contributed by atoms with van der Waals surface area (Å²) in [4.78, 5) is 0. The SMILES string of the molecule is [BiH3].[Ca+2].[Fe].[H-].[H-].[InH3].[V]. The Balaban J connectivity index is 0. The van der Waals surface area contributed by atoms with E-state index in [4.69, 9.17) is 0 Å². The number of rotatable bonds is 0. The summed E-state index contributed by atoms with van der Waals surface area (Å²) in [6.45, 7) is 0. The molecule has 0 amide bonds. The summed E-state index contributed by atoms with van der Waals surface area (Å²) in [5.74, 6) is 0. The minimum atomic E-state index is 0. The van der Waals surface area contributed by atoms with Gasteiger partial charge in [0.25, 0.3) is 0 Å². The van der Waals surface area contributed by atoms with Gasteiger partial charge in [0.1, 0.15) is 0 Å². The van der Waals surface area contributed by atoms with Crippen molar-refractivity contribution in [2.75, 3.05) is 0 Å². The molecule has 0 N–H and O–H groups in total. The van der Waals surface area contributed by atoms with Gasteiger partial charge in [-0.2, -0.15) is 0 Å². The smallest absolute Gasteiger partial charge is 0 e. The van der Waals surface area contributed by atoms with Gasteiger partial charge in [-0.15, -0.1) is 0 Å². The van der Waals surface area contributed by atoms with Crippen LogP contribution < -0.4 is 0 Å². The topological polar surface area (TPSA) is 0 Å². The molecule has 0 aromatic heterocycles. The van der Waals surface area contributed by atoms with Crippen LogP contribution >= 0.6 is 0 Å². The van der Waals surface area contributed by atoms with Crippen LogP contribution in [0.1, 0.15) is 2.85 Å². The van der Waals surface area contributed by atoms with Gasteiger partial charge in [-0.25, -0.2) is 0 Å². The quantitative estimate of drug-likeness (QED) is 0.337. The maximum absolute atomic E-state index is 0. The summed E-state index contributed by atoms with van der Waals surface area (Å²) in [6, 6.07) is 0. The first-order chi connectivity index (χ1) is 0. The Hall–Kier alpha value is 4.12. The van der Waals surface area contributed by atoms with Gasteiger partial charge in [0.05, 0.1) is 0 Å². The molecular formula is H8BiCaFeInV. The molecular weight excluding hydrogens is 471 g/mol. The molecule has 0 aliphatic carbocycles. The van der Waals surface area contributed by atoms with Crippen molar-refractivity contribution in [2.45, 2.75) is 0 Å². The normalized spacial score (nSPS) is 0. The van der Waals surface area contributed by atoms with Crippen molar-refractivity contribution in [2.24, 2.45) is 0 Å². The van der Waals surface area contributed by atoms with Gasteiger partial charge in [0.15, 0.2) is 0 Å². The molecule has 0 spiro atoms. The Morgan fingerprint density at radius 1 is 1.20 bits per heavy atom. The largest absolute Gasteiger partial charge is 0 e. The van der Waals surface area contributed by atoms with Gasteiger partial charge in [-0.1, -0.05) is 0 Å². The molecule has 0 fully saturated rings. The molecule has 0 unspecified atom stereocenters. The second kappa shape index (κ2) is 24.3. The van der Waals surface area contributed by atoms with E-state index in [2.05, 4.69) is 0 Å². The van der Waals surface area contributed by atoms with Gasteiger partial charge in [-0.3, -0.25) is 0 Å². The van der Waals surface area contributed by atoms with Gasteiger partial charge in [-0.05, 0) is 0 Å². The van der Waals surface area contributed by atoms with Crippen molar-refractivity contribution in [3.63, 3.8) is 0 Å². The van der Waals surface area contributed by atoms with Crippen LogP contribution in [0.15, 0.2) is 0 Å². The van der Waals surface area contributed by atoms with E-state index in [1.165, 1.54) is 0 Å². The minimum absolute atomic E-state index is 0. The molecule has 0 saturated carbocycles. The fraction of sp³-hybridized carbons (Fsp3) is 0. The third-order valence-electron chi connectivity index (χ3n) is 0. The van der Waals surface area contributed by atoms with Crippen molar-refractivity contribution < 1.29 is 38.5 Å². The Morgan fingerprint density at radius 3 is 1.20 bits per heavy atom. The summed E-state index contributed by atoms with van der Waals surface area (Å²) in [5.41, 5.74) is 0. The predicted octanol–water partition coefficient (Wildman–Crippen LogP) is -2.53. The summed E-state index contributed by atoms with van der Waals surface area (Å²) in [7, 11) is 0. The maximum Gasteiger partial charge on any atom is 0 e. The van der Waals surface area contributed by atoms with Crippen molar-refractivity contribution in [3.8, 4) is 0 Å². The predicted molar refractivity (Wildman–Crippen MR) is 27.9 cm³/mol. The summed E-state index contributed by atoms with van der Waals surface area (Å²) < 4.78 is 0. The second-order valence-electron chi connectivity index (χ2n) is 0. The fourth-order valence-electron chi connectivity index (χ4n) is 0. The third-order valence-corrected chi connectivity index (χ3v) is 0. The van der Waals surface area contributed by atoms with Crippen molar-refractivity contribution in [1.82, 2.24) is 0 Å². The molecule has 0 rings (SSSR count). The molecule has 0 nitrogen and oxygen atoms in total. The second-order valence-corrected chi connectivity index (χ2v) is 0. The Labute approximate surface area is 125 Å². The fourth-order valence-corrected chi connectivity index (χ4v) is 0. The molecule has 0 aliphatic rings. The van der Waals surface area contributed by atoms with Gasteiger partial charge >= 0.3 is 89.8 Å². The molecule has 0 bridgehead atoms. The van der Waals surface area contributed by atoms with E-state index in [9.17, 15) is 0 Å². The van der Waals surface area contributed by atoms with Gasteiger partial charge < -0.3 is 2.85 Å². The Bertz CT molecular complexity index is 17.7. The monoisotopic (exact) mass is 479 g/mol. The van der Waals surface area contributed by atoms with Crippen LogP contribution in [0.5, 0.6) is 0 Å². The van der Waals surface area contributed by atoms with E-state index < -0.39 is 0 Å². The first-order valence-electron chi connectivity index (χ1n) is 0. The van der Waals surface area contributed by atoms with Crippen LogP contribution in [-0.2, 0) is 35.6 Å². The molecule has 5 heavy (non-hydrogen) atoms. The van der Waals surface area contributed by atoms with Crippen LogP contribution in [0.25, 0.3) is 0 Å². The Morgan fingerprint density at radius 2 is 1.20 bits per heavy atom. The summed E-state index contributed by atoms with van der Waals surface area (Å²) in [5, 5.41) is 0. The maximum atomic E-state index is 0. The molecule has 5 heteroatoms. The molecule has 0 atom stereocenters. The van der Waals surface area contributed by atoms with E-state index in [-0.39, 0.29) is 128 Å². The number of hydrogen-bond acceptors (Lipinski definition) is 0. The van der Waals surface area contributed by atoms with Gasteiger partial charge in [0, 0.05) is 35.6 Å². The average molecular weight is 479 g/mol. The zero-order valence-electron chi connectivity index (χ0n) is 4.21. The average Bonchev–Trinajstić information content (AvgIpc) is 0. The molecule has 0 heterocycles. The molecule has 0 aromatic carbocycles. The van der Waals surface area contributed by atoms with E-state index in [0.717, 1.165) is 0 Å². The van der Waals surface area contributed by atoms with E-state index in [1.807, 2.05) is 0 Å². The van der Waals surface area contributed by atoms with Crippen LogP contribution in [-0.4, -0.2) is 89.8 Å². The first-order valence-corrected chi connectivity index (χ1v) is 0. The minimum Gasteiger partial charge on any atom is 0 e. The van der Waals surface area contributed by atoms with Crippen LogP contribution in [0, 0.1) is 0 Å². The summed E-state index contributed by atoms with van der Waals surface area (Å²) >= 11 is 0. The molecule has 0 aliphatic heterocycles. The number of hydrogen-bond donors (Lipinski definition) is 0. The zero-order chi connectivity index (χ0) is 0. The van der Waals surface area contributed by atoms with Crippen LogP contribution in [0.2, 0.25) is 0 Å². The summed E-state index contributed by atoms with van der Waals surface area (Å²) in [6.07, 6.45) is 0. The molecule has 31 valence electrons. The standard InChI is InChI=1S/Bi.Ca.Fe.In.V.8H/q;+2;;;;;;;;;;2*-1. The van der Waals surface area contributed by atoms with Crippen LogP contribution in [0.4, 0.5) is 0 Å². The van der Waals surface area contributed by atoms with Crippen LogP contribution in [0.3, 0.4) is 0 Å². The van der Waals surface area contributed by atoms with Crippen molar-refractivity contribution >= 4 is 89.8 Å². The molecule has 0 aromatic rings. The van der Waals surface area contributed by atoms with E-state index in [1.54, 1.807) is 0 Å². The molecule has 0 saturated heterocycles. The van der Waals surface area contributed by atoms with E-state index >= 15 is 0 Å². The molecule has 1 radical (unpaired) electrons. The third kappa shape index (κ3) is 17.9. The van der Waals surface area contributed by atoms with Gasteiger partial charge in [0.2, 0.25) is 0 Å². The Kier molecular flexibility index (Phi) is 172. The van der Waals surface area contributed by atoms with Crippen molar-refractivity contribution in [1.29, 1.82) is 0 Å². The zero-order valence-corrected chi connectivity index (χ0v) is 12.4. The van der Waals surface area contributed by atoms with Crippen molar-refractivity contribution in [3.05, 3.63) is 0 Å². The first kappa shape index (κ1) is 35.4. The van der Waals surface area contributed by atoms with E-state index in [0.29, 0.717) is 0 Å².